The molecule has 1 saturated heterocycles. The van der Waals surface area contributed by atoms with E-state index < -0.39 is 80.9 Å². The Bertz CT molecular complexity index is 1440. The maximum Gasteiger partial charge on any atom is 0.310 e. The minimum atomic E-state index is -10.2. The zero-order valence-corrected chi connectivity index (χ0v) is 23.3. The first kappa shape index (κ1) is 32.3. The van der Waals surface area contributed by atoms with E-state index >= 15 is 0 Å². The summed E-state index contributed by atoms with van der Waals surface area (Å²) < 4.78 is 109. The van der Waals surface area contributed by atoms with Gasteiger partial charge in [0.25, 0.3) is 5.91 Å². The SMILES string of the molecule is CC1(O)CC(C(=O)N(c2ccc(S(F)(F)(F)(F)F)cc2)C(C(=O)NC2CCC(F)(F)CC2)c2cncc(F)c2)N(C#N)C1. The van der Waals surface area contributed by atoms with Gasteiger partial charge in [-0.2, -0.15) is 5.26 Å². The molecule has 2 amide bonds. The fourth-order valence-corrected chi connectivity index (χ4v) is 5.93. The molecule has 2 aliphatic rings. The van der Waals surface area contributed by atoms with Gasteiger partial charge in [0.1, 0.15) is 22.8 Å². The van der Waals surface area contributed by atoms with Crippen molar-refractivity contribution in [3.8, 4) is 6.19 Å². The predicted octanol–water partition coefficient (Wildman–Crippen LogP) is 5.95. The van der Waals surface area contributed by atoms with Gasteiger partial charge >= 0.3 is 10.2 Å². The highest BCUT2D eigenvalue weighted by Crippen LogP contribution is 3.02. The van der Waals surface area contributed by atoms with Crippen LogP contribution in [0.4, 0.5) is 38.3 Å². The molecule has 2 aromatic rings. The van der Waals surface area contributed by atoms with Crippen molar-refractivity contribution in [2.75, 3.05) is 11.4 Å². The molecule has 0 radical (unpaired) electrons. The first-order valence-corrected chi connectivity index (χ1v) is 14.9. The van der Waals surface area contributed by atoms with E-state index in [1.54, 1.807) is 6.19 Å². The fraction of sp³-hybridized carbons (Fsp3) is 0.462. The lowest BCUT2D eigenvalue weighted by Gasteiger charge is -2.41. The van der Waals surface area contributed by atoms with Crippen molar-refractivity contribution < 1.29 is 47.3 Å². The number of hydrogen-bond acceptors (Lipinski definition) is 6. The number of anilines is 1. The molecular formula is C26H27F8N5O3S. The number of nitriles is 1. The summed E-state index contributed by atoms with van der Waals surface area (Å²) in [6, 6.07) is -2.31. The molecule has 0 bridgehead atoms. The summed E-state index contributed by atoms with van der Waals surface area (Å²) in [6.45, 7) is 0.990. The largest absolute Gasteiger partial charge is 0.388 e. The Morgan fingerprint density at radius 2 is 1.74 bits per heavy atom. The molecule has 8 nitrogen and oxygen atoms in total. The maximum absolute atomic E-state index is 14.3. The van der Waals surface area contributed by atoms with Crippen LogP contribution in [0.3, 0.4) is 0 Å². The van der Waals surface area contributed by atoms with Gasteiger partial charge in [0, 0.05) is 42.8 Å². The average molecular weight is 642 g/mol. The summed E-state index contributed by atoms with van der Waals surface area (Å²) in [5.74, 6) is -6.10. The summed E-state index contributed by atoms with van der Waals surface area (Å²) >= 11 is 0. The minimum Gasteiger partial charge on any atom is -0.388 e. The van der Waals surface area contributed by atoms with Gasteiger partial charge in [-0.25, -0.2) is 13.2 Å². The van der Waals surface area contributed by atoms with Crippen LogP contribution >= 0.6 is 10.2 Å². The van der Waals surface area contributed by atoms with Crippen molar-refractivity contribution in [3.05, 3.63) is 54.1 Å². The highest BCUT2D eigenvalue weighted by atomic mass is 32.5. The van der Waals surface area contributed by atoms with Crippen molar-refractivity contribution in [2.45, 2.75) is 73.6 Å². The normalized spacial score (nSPS) is 24.8. The topological polar surface area (TPSA) is 110 Å². The van der Waals surface area contributed by atoms with E-state index in [-0.39, 0.29) is 43.5 Å². The molecule has 1 aromatic heterocycles. The molecule has 3 unspecified atom stereocenters. The molecule has 2 N–H and O–H groups in total. The van der Waals surface area contributed by atoms with E-state index in [1.807, 2.05) is 0 Å². The summed E-state index contributed by atoms with van der Waals surface area (Å²) in [6.07, 6.45) is 1.67. The Kier molecular flexibility index (Phi) is 7.67. The molecule has 2 fully saturated rings. The summed E-state index contributed by atoms with van der Waals surface area (Å²) in [7, 11) is -10.2. The maximum atomic E-state index is 14.3. The number of rotatable bonds is 7. The van der Waals surface area contributed by atoms with Gasteiger partial charge < -0.3 is 10.4 Å². The molecule has 0 spiro atoms. The third-order valence-electron chi connectivity index (χ3n) is 7.34. The van der Waals surface area contributed by atoms with Crippen molar-refractivity contribution in [1.82, 2.24) is 15.2 Å². The number of aliphatic hydroxyl groups is 1. The van der Waals surface area contributed by atoms with Crippen LogP contribution in [0.1, 0.15) is 50.6 Å². The second-order valence-electron chi connectivity index (χ2n) is 11.1. The highest BCUT2D eigenvalue weighted by molar-refractivity contribution is 8.45. The molecule has 1 saturated carbocycles. The van der Waals surface area contributed by atoms with Gasteiger partial charge in [-0.15, -0.1) is 0 Å². The monoisotopic (exact) mass is 641 g/mol. The van der Waals surface area contributed by atoms with Crippen LogP contribution in [0, 0.1) is 17.3 Å². The number of β-amino-alcohol motifs (C(OH)–C–C–N with tert-alkyl or cyclic N) is 1. The standard InChI is InChI=1S/C26H27F8N5O3S/c1-25(42)11-21(38(14-25)15-35)24(41)39(19-2-4-20(5-3-19)43(30,31,32,33)34)22(16-10-17(27)13-36-12-16)23(40)37-18-6-8-26(28,29)9-7-18/h2-5,10,12-13,18,21-22,42H,6-9,11,14H2,1H3,(H,37,40). The van der Waals surface area contributed by atoms with Crippen LogP contribution in [-0.4, -0.2) is 57.0 Å². The zero-order chi connectivity index (χ0) is 32.1. The number of aromatic nitrogens is 1. The predicted molar refractivity (Wildman–Crippen MR) is 139 cm³/mol. The third kappa shape index (κ3) is 7.47. The molecule has 1 aliphatic heterocycles. The van der Waals surface area contributed by atoms with Gasteiger partial charge in [0.05, 0.1) is 18.3 Å². The lowest BCUT2D eigenvalue weighted by atomic mass is 9.91. The number of alkyl halides is 2. The number of likely N-dealkylation sites (tertiary alicyclic amines) is 1. The quantitative estimate of drug-likeness (QED) is 0.286. The van der Waals surface area contributed by atoms with Crippen LogP contribution in [0.25, 0.3) is 0 Å². The van der Waals surface area contributed by atoms with Gasteiger partial charge in [-0.05, 0) is 50.1 Å². The Morgan fingerprint density at radius 3 is 2.28 bits per heavy atom. The van der Waals surface area contributed by atoms with Crippen LogP contribution in [0.15, 0.2) is 47.6 Å². The van der Waals surface area contributed by atoms with E-state index in [9.17, 15) is 52.6 Å². The number of amides is 2. The minimum absolute atomic E-state index is 0.0199. The smallest absolute Gasteiger partial charge is 0.310 e. The van der Waals surface area contributed by atoms with Gasteiger partial charge in [-0.3, -0.25) is 24.4 Å². The second-order valence-corrected chi connectivity index (χ2v) is 13.5. The van der Waals surface area contributed by atoms with Gasteiger partial charge in [0.15, 0.2) is 6.19 Å². The summed E-state index contributed by atoms with van der Waals surface area (Å²) in [4.78, 5) is 30.7. The average Bonchev–Trinajstić information content (AvgIpc) is 3.21. The molecule has 2 heterocycles. The van der Waals surface area contributed by atoms with Gasteiger partial charge in [0.2, 0.25) is 11.8 Å². The highest BCUT2D eigenvalue weighted by Gasteiger charge is 2.65. The lowest BCUT2D eigenvalue weighted by molar-refractivity contribution is -0.129. The van der Waals surface area contributed by atoms with E-state index in [1.165, 1.54) is 6.92 Å². The van der Waals surface area contributed by atoms with Crippen molar-refractivity contribution >= 4 is 27.7 Å². The molecule has 236 valence electrons. The first-order valence-electron chi connectivity index (χ1n) is 12.9. The molecular weight excluding hydrogens is 614 g/mol. The molecule has 4 rings (SSSR count). The van der Waals surface area contributed by atoms with E-state index in [2.05, 4.69) is 10.3 Å². The van der Waals surface area contributed by atoms with E-state index in [0.29, 0.717) is 17.0 Å². The number of hydrogen-bond donors (Lipinski definition) is 2. The lowest BCUT2D eigenvalue weighted by Crippen LogP contribution is -2.52. The Labute approximate surface area is 241 Å². The fourth-order valence-electron chi connectivity index (χ4n) is 5.28. The van der Waals surface area contributed by atoms with Crippen LogP contribution in [0.5, 0.6) is 0 Å². The summed E-state index contributed by atoms with van der Waals surface area (Å²) in [5, 5.41) is 22.7. The first-order chi connectivity index (χ1) is 19.6. The summed E-state index contributed by atoms with van der Waals surface area (Å²) in [5.41, 5.74) is -2.39. The van der Waals surface area contributed by atoms with Crippen molar-refractivity contribution in [2.24, 2.45) is 0 Å². The number of nitrogens with zero attached hydrogens (tertiary/aromatic N) is 4. The third-order valence-corrected chi connectivity index (χ3v) is 8.51. The van der Waals surface area contributed by atoms with E-state index in [0.717, 1.165) is 23.4 Å². The Balaban J connectivity index is 1.84. The van der Waals surface area contributed by atoms with Crippen LogP contribution in [0.2, 0.25) is 0 Å². The number of nitrogens with one attached hydrogen (secondary N) is 1. The number of carbonyl (C=O) groups is 2. The van der Waals surface area contributed by atoms with Crippen molar-refractivity contribution in [1.29, 1.82) is 5.26 Å². The molecule has 3 atom stereocenters. The number of carbonyl (C=O) groups excluding carboxylic acids is 2. The van der Waals surface area contributed by atoms with Crippen molar-refractivity contribution in [3.63, 3.8) is 0 Å². The molecule has 17 heteroatoms. The number of benzene rings is 1. The molecule has 43 heavy (non-hydrogen) atoms. The molecule has 1 aliphatic carbocycles. The van der Waals surface area contributed by atoms with Gasteiger partial charge in [-0.1, -0.05) is 19.4 Å². The second kappa shape index (κ2) is 10.2. The number of halogens is 8. The van der Waals surface area contributed by atoms with E-state index in [4.69, 9.17) is 0 Å². The number of pyridine rings is 1. The Morgan fingerprint density at radius 1 is 1.14 bits per heavy atom. The molecule has 1 aromatic carbocycles. The Hall–Kier alpha value is -3.65. The van der Waals surface area contributed by atoms with Crippen LogP contribution < -0.4 is 10.2 Å². The van der Waals surface area contributed by atoms with Crippen LogP contribution in [-0.2, 0) is 9.59 Å². The zero-order valence-electron chi connectivity index (χ0n) is 22.5.